The van der Waals surface area contributed by atoms with Crippen LogP contribution in [0.15, 0.2) is 59.5 Å². The maximum Gasteiger partial charge on any atom is 0.429 e. The maximum atomic E-state index is 14.4. The molecule has 3 aromatic rings. The first-order valence-corrected chi connectivity index (χ1v) is 10.5. The molecule has 3 rings (SSSR count). The predicted octanol–water partition coefficient (Wildman–Crippen LogP) is 8.87. The highest BCUT2D eigenvalue weighted by Gasteiger charge is 2.69. The number of alkyl halides is 2. The summed E-state index contributed by atoms with van der Waals surface area (Å²) in [5.41, 5.74) is 0.188. The lowest BCUT2D eigenvalue weighted by atomic mass is 10.0. The van der Waals surface area contributed by atoms with Crippen molar-refractivity contribution < 1.29 is 46.1 Å². The molecule has 3 aromatic carbocycles. The van der Waals surface area contributed by atoms with E-state index in [0.717, 1.165) is 17.7 Å². The Balaban J connectivity index is 1.95. The molecule has 0 radical (unpaired) electrons. The van der Waals surface area contributed by atoms with E-state index in [0.29, 0.717) is 11.6 Å². The van der Waals surface area contributed by atoms with Crippen molar-refractivity contribution in [2.45, 2.75) is 17.9 Å². The van der Waals surface area contributed by atoms with Crippen molar-refractivity contribution in [3.05, 3.63) is 83.2 Å². The average molecular weight is 490 g/mol. The third-order valence-corrected chi connectivity index (χ3v) is 5.43. The first-order chi connectivity index (χ1) is 14.4. The van der Waals surface area contributed by atoms with Crippen LogP contribution in [0.4, 0.5) is 41.4 Å². The molecule has 1 nitrogen and oxygen atoms in total. The zero-order valence-electron chi connectivity index (χ0n) is 15.8. The standard InChI is InChI=1S/C20H12F10OS/c1-11-2-4-12(5-3-11)13-6-7-15(16(21)8-13)20(24,25)31-14-9-17(22)19(18(23)10-14)32(26,27,28,29)30/h2-10H,1H3. The minimum atomic E-state index is -10.8. The van der Waals surface area contributed by atoms with E-state index in [1.807, 2.05) is 0 Å². The Labute approximate surface area is 175 Å². The Morgan fingerprint density at radius 3 is 1.66 bits per heavy atom. The second kappa shape index (κ2) is 6.80. The van der Waals surface area contributed by atoms with Crippen molar-refractivity contribution >= 4 is 10.2 Å². The van der Waals surface area contributed by atoms with Gasteiger partial charge in [0.1, 0.15) is 11.6 Å². The van der Waals surface area contributed by atoms with Gasteiger partial charge in [0.15, 0.2) is 16.5 Å². The number of hydrogen-bond acceptors (Lipinski definition) is 1. The zero-order valence-corrected chi connectivity index (χ0v) is 16.6. The van der Waals surface area contributed by atoms with Crippen molar-refractivity contribution in [2.24, 2.45) is 0 Å². The van der Waals surface area contributed by atoms with Crippen LogP contribution in [0.1, 0.15) is 11.1 Å². The lowest BCUT2D eigenvalue weighted by molar-refractivity contribution is -0.187. The Morgan fingerprint density at radius 1 is 0.688 bits per heavy atom. The number of aryl methyl sites for hydroxylation is 1. The molecule has 0 bridgehead atoms. The van der Waals surface area contributed by atoms with E-state index in [-0.39, 0.29) is 5.56 Å². The topological polar surface area (TPSA) is 9.23 Å². The van der Waals surface area contributed by atoms with Gasteiger partial charge in [0.05, 0.1) is 5.56 Å². The molecule has 174 valence electrons. The Bertz CT molecular complexity index is 1170. The fourth-order valence-corrected chi connectivity index (χ4v) is 3.70. The number of halogens is 10. The Kier molecular flexibility index (Phi) is 5.05. The summed E-state index contributed by atoms with van der Waals surface area (Å²) >= 11 is 0. The molecule has 0 aromatic heterocycles. The lowest BCUT2D eigenvalue weighted by Crippen LogP contribution is -2.24. The summed E-state index contributed by atoms with van der Waals surface area (Å²) in [5.74, 6) is -8.76. The molecule has 0 amide bonds. The molecule has 0 unspecified atom stereocenters. The van der Waals surface area contributed by atoms with Crippen LogP contribution < -0.4 is 4.74 Å². The summed E-state index contributed by atoms with van der Waals surface area (Å²) in [6.07, 6.45) is -4.61. The van der Waals surface area contributed by atoms with Gasteiger partial charge in [-0.3, -0.25) is 0 Å². The third-order valence-electron chi connectivity index (χ3n) is 4.27. The van der Waals surface area contributed by atoms with Gasteiger partial charge in [0, 0.05) is 12.1 Å². The zero-order chi connectivity index (χ0) is 24.2. The minimum Gasteiger partial charge on any atom is -0.429 e. The van der Waals surface area contributed by atoms with E-state index in [1.54, 1.807) is 31.2 Å². The normalized spacial score (nSPS) is 14.6. The van der Waals surface area contributed by atoms with Crippen molar-refractivity contribution in [1.29, 1.82) is 0 Å². The summed E-state index contributed by atoms with van der Waals surface area (Å²) < 4.78 is 138. The van der Waals surface area contributed by atoms with Gasteiger partial charge in [-0.25, -0.2) is 13.2 Å². The lowest BCUT2D eigenvalue weighted by Gasteiger charge is -2.40. The molecule has 0 N–H and O–H groups in total. The maximum absolute atomic E-state index is 14.4. The van der Waals surface area contributed by atoms with Crippen LogP contribution in [-0.4, -0.2) is 0 Å². The van der Waals surface area contributed by atoms with Crippen molar-refractivity contribution in [2.75, 3.05) is 0 Å². The van der Waals surface area contributed by atoms with E-state index in [4.69, 9.17) is 0 Å². The van der Waals surface area contributed by atoms with Crippen molar-refractivity contribution in [3.63, 3.8) is 0 Å². The second-order valence-corrected chi connectivity index (χ2v) is 9.21. The van der Waals surface area contributed by atoms with Crippen LogP contribution in [0.2, 0.25) is 0 Å². The largest absolute Gasteiger partial charge is 0.429 e. The summed E-state index contributed by atoms with van der Waals surface area (Å²) in [5, 5.41) is 0. The SMILES string of the molecule is Cc1ccc(-c2ccc(C(F)(F)Oc3cc(F)c(S(F)(F)(F)(F)F)c(F)c3)c(F)c2)cc1. The van der Waals surface area contributed by atoms with E-state index < -0.39 is 62.1 Å². The third kappa shape index (κ3) is 4.95. The predicted molar refractivity (Wildman–Crippen MR) is 98.9 cm³/mol. The quantitative estimate of drug-likeness (QED) is 0.325. The van der Waals surface area contributed by atoms with Gasteiger partial charge in [-0.1, -0.05) is 55.3 Å². The highest BCUT2D eigenvalue weighted by molar-refractivity contribution is 8.45. The van der Waals surface area contributed by atoms with E-state index in [9.17, 15) is 41.4 Å². The van der Waals surface area contributed by atoms with E-state index in [2.05, 4.69) is 4.74 Å². The van der Waals surface area contributed by atoms with Crippen LogP contribution in [0.3, 0.4) is 0 Å². The van der Waals surface area contributed by atoms with Gasteiger partial charge < -0.3 is 4.74 Å². The first-order valence-electron chi connectivity index (χ1n) is 8.54. The number of rotatable bonds is 5. The van der Waals surface area contributed by atoms with Gasteiger partial charge in [-0.15, -0.1) is 0 Å². The molecule has 12 heteroatoms. The number of ether oxygens (including phenoxy) is 1. The first kappa shape index (κ1) is 23.8. The van der Waals surface area contributed by atoms with Crippen molar-refractivity contribution in [1.82, 2.24) is 0 Å². The summed E-state index contributed by atoms with van der Waals surface area (Å²) in [6, 6.07) is 8.06. The molecule has 0 aliphatic heterocycles. The average Bonchev–Trinajstić information content (AvgIpc) is 2.58. The van der Waals surface area contributed by atoms with Gasteiger partial charge in [0.2, 0.25) is 0 Å². The number of hydrogen-bond donors (Lipinski definition) is 0. The molecule has 0 saturated carbocycles. The minimum absolute atomic E-state index is 0.208. The highest BCUT2D eigenvalue weighted by atomic mass is 32.5. The van der Waals surface area contributed by atoms with Crippen LogP contribution in [0, 0.1) is 24.4 Å². The van der Waals surface area contributed by atoms with Crippen LogP contribution in [0.5, 0.6) is 5.75 Å². The molecule has 32 heavy (non-hydrogen) atoms. The van der Waals surface area contributed by atoms with Gasteiger partial charge in [-0.05, 0) is 30.2 Å². The second-order valence-electron chi connectivity index (χ2n) is 6.86. The van der Waals surface area contributed by atoms with Crippen molar-refractivity contribution in [3.8, 4) is 16.9 Å². The Hall–Kier alpha value is -2.89. The van der Waals surface area contributed by atoms with E-state index in [1.165, 1.54) is 0 Å². The fourth-order valence-electron chi connectivity index (χ4n) is 2.84. The summed E-state index contributed by atoms with van der Waals surface area (Å²) in [7, 11) is -10.8. The molecular formula is C20H12F10OS. The summed E-state index contributed by atoms with van der Waals surface area (Å²) in [6.45, 7) is 1.79. The highest BCUT2D eigenvalue weighted by Crippen LogP contribution is 3.02. The summed E-state index contributed by atoms with van der Waals surface area (Å²) in [4.78, 5) is -3.49. The molecule has 0 atom stereocenters. The Morgan fingerprint density at radius 2 is 1.19 bits per heavy atom. The molecule has 0 aliphatic rings. The molecular weight excluding hydrogens is 478 g/mol. The molecule has 0 heterocycles. The molecule has 0 aliphatic carbocycles. The monoisotopic (exact) mass is 490 g/mol. The molecule has 0 fully saturated rings. The van der Waals surface area contributed by atoms with Crippen LogP contribution in [-0.2, 0) is 6.11 Å². The van der Waals surface area contributed by atoms with Crippen LogP contribution in [0.25, 0.3) is 11.1 Å². The van der Waals surface area contributed by atoms with Gasteiger partial charge >= 0.3 is 16.3 Å². The number of benzene rings is 3. The van der Waals surface area contributed by atoms with E-state index >= 15 is 0 Å². The molecule has 0 spiro atoms. The molecule has 0 saturated heterocycles. The smallest absolute Gasteiger partial charge is 0.429 e. The van der Waals surface area contributed by atoms with Gasteiger partial charge in [-0.2, -0.15) is 8.78 Å². The van der Waals surface area contributed by atoms with Gasteiger partial charge in [0.25, 0.3) is 0 Å². The van der Waals surface area contributed by atoms with Crippen LogP contribution >= 0.6 is 10.2 Å². The fraction of sp³-hybridized carbons (Fsp3) is 0.100.